The molecule has 108 valence electrons. The van der Waals surface area contributed by atoms with Crippen molar-refractivity contribution < 1.29 is 4.79 Å². The Kier molecular flexibility index (Phi) is 4.34. The molecule has 0 radical (unpaired) electrons. The highest BCUT2D eigenvalue weighted by molar-refractivity contribution is 5.84. The van der Waals surface area contributed by atoms with Crippen molar-refractivity contribution in [2.75, 3.05) is 6.54 Å². The maximum absolute atomic E-state index is 12.5. The van der Waals surface area contributed by atoms with Gasteiger partial charge in [0.25, 0.3) is 0 Å². The van der Waals surface area contributed by atoms with Crippen LogP contribution in [-0.2, 0) is 11.2 Å². The van der Waals surface area contributed by atoms with E-state index in [1.165, 1.54) is 18.4 Å². The van der Waals surface area contributed by atoms with Gasteiger partial charge in [0.05, 0.1) is 5.92 Å². The fourth-order valence-electron chi connectivity index (χ4n) is 2.81. The molecule has 1 saturated carbocycles. The third kappa shape index (κ3) is 3.72. The molecule has 2 nitrogen and oxygen atoms in total. The number of amides is 1. The minimum atomic E-state index is 0.0296. The molecule has 1 atom stereocenters. The lowest BCUT2D eigenvalue weighted by Crippen LogP contribution is -2.32. The second-order valence-electron chi connectivity index (χ2n) is 5.75. The number of rotatable bonds is 6. The maximum atomic E-state index is 12.5. The molecule has 1 aliphatic rings. The van der Waals surface area contributed by atoms with Gasteiger partial charge < -0.3 is 5.32 Å². The van der Waals surface area contributed by atoms with Gasteiger partial charge in [-0.05, 0) is 36.3 Å². The number of nitrogens with one attached hydrogen (secondary N) is 1. The molecule has 2 aromatic rings. The lowest BCUT2D eigenvalue weighted by Gasteiger charge is -2.16. The van der Waals surface area contributed by atoms with Crippen LogP contribution >= 0.6 is 0 Å². The first kappa shape index (κ1) is 13.9. The molecule has 0 aliphatic heterocycles. The van der Waals surface area contributed by atoms with Crippen molar-refractivity contribution in [2.24, 2.45) is 5.92 Å². The molecule has 21 heavy (non-hydrogen) atoms. The highest BCUT2D eigenvalue weighted by Crippen LogP contribution is 2.42. The smallest absolute Gasteiger partial charge is 0.227 e. The van der Waals surface area contributed by atoms with E-state index in [4.69, 9.17) is 0 Å². The highest BCUT2D eigenvalue weighted by atomic mass is 16.1. The van der Waals surface area contributed by atoms with Crippen molar-refractivity contribution >= 4 is 5.91 Å². The lowest BCUT2D eigenvalue weighted by atomic mass is 9.93. The summed E-state index contributed by atoms with van der Waals surface area (Å²) < 4.78 is 0. The van der Waals surface area contributed by atoms with Gasteiger partial charge >= 0.3 is 0 Å². The minimum Gasteiger partial charge on any atom is -0.355 e. The van der Waals surface area contributed by atoms with E-state index in [2.05, 4.69) is 29.6 Å². The zero-order valence-corrected chi connectivity index (χ0v) is 12.2. The van der Waals surface area contributed by atoms with Crippen LogP contribution in [0, 0.1) is 5.92 Å². The SMILES string of the molecule is O=C(NCCc1ccccc1)C(c1ccccc1)C1CC1. The summed E-state index contributed by atoms with van der Waals surface area (Å²) in [6.07, 6.45) is 3.23. The van der Waals surface area contributed by atoms with Gasteiger partial charge in [-0.3, -0.25) is 4.79 Å². The van der Waals surface area contributed by atoms with Crippen LogP contribution in [0.4, 0.5) is 0 Å². The second kappa shape index (κ2) is 6.57. The zero-order chi connectivity index (χ0) is 14.5. The maximum Gasteiger partial charge on any atom is 0.227 e. The molecule has 0 bridgehead atoms. The molecule has 0 saturated heterocycles. The Bertz CT molecular complexity index is 575. The number of carbonyl (C=O) groups is 1. The van der Waals surface area contributed by atoms with Gasteiger partial charge in [-0.1, -0.05) is 60.7 Å². The third-order valence-electron chi connectivity index (χ3n) is 4.09. The summed E-state index contributed by atoms with van der Waals surface area (Å²) in [6, 6.07) is 20.5. The standard InChI is InChI=1S/C19H21NO/c21-19(20-14-13-15-7-3-1-4-8-15)18(17-11-12-17)16-9-5-2-6-10-16/h1-10,17-18H,11-14H2,(H,20,21). The Hall–Kier alpha value is -2.09. The van der Waals surface area contributed by atoms with Crippen molar-refractivity contribution in [3.63, 3.8) is 0 Å². The Balaban J connectivity index is 1.58. The molecule has 1 aliphatic carbocycles. The van der Waals surface area contributed by atoms with Crippen LogP contribution in [0.5, 0.6) is 0 Å². The van der Waals surface area contributed by atoms with E-state index < -0.39 is 0 Å². The van der Waals surface area contributed by atoms with Crippen LogP contribution in [0.1, 0.15) is 29.9 Å². The first-order valence-electron chi connectivity index (χ1n) is 7.71. The molecule has 0 spiro atoms. The number of benzene rings is 2. The molecule has 0 aromatic heterocycles. The first-order chi connectivity index (χ1) is 10.3. The summed E-state index contributed by atoms with van der Waals surface area (Å²) in [5, 5.41) is 3.11. The summed E-state index contributed by atoms with van der Waals surface area (Å²) in [4.78, 5) is 12.5. The lowest BCUT2D eigenvalue weighted by molar-refractivity contribution is -0.123. The van der Waals surface area contributed by atoms with Gasteiger partial charge in [-0.15, -0.1) is 0 Å². The average molecular weight is 279 g/mol. The largest absolute Gasteiger partial charge is 0.355 e. The Morgan fingerprint density at radius 3 is 2.24 bits per heavy atom. The van der Waals surface area contributed by atoms with Crippen molar-refractivity contribution in [2.45, 2.75) is 25.2 Å². The first-order valence-corrected chi connectivity index (χ1v) is 7.71. The Morgan fingerprint density at radius 1 is 1.00 bits per heavy atom. The van der Waals surface area contributed by atoms with E-state index in [1.807, 2.05) is 36.4 Å². The van der Waals surface area contributed by atoms with Crippen LogP contribution in [0.2, 0.25) is 0 Å². The highest BCUT2D eigenvalue weighted by Gasteiger charge is 2.36. The zero-order valence-electron chi connectivity index (χ0n) is 12.2. The van der Waals surface area contributed by atoms with Crippen LogP contribution in [0.3, 0.4) is 0 Å². The Labute approximate surface area is 126 Å². The van der Waals surface area contributed by atoms with Crippen LogP contribution in [-0.4, -0.2) is 12.5 Å². The van der Waals surface area contributed by atoms with Crippen molar-refractivity contribution in [3.8, 4) is 0 Å². The van der Waals surface area contributed by atoms with Crippen molar-refractivity contribution in [1.82, 2.24) is 5.32 Å². The average Bonchev–Trinajstić information content (AvgIpc) is 3.34. The fourth-order valence-corrected chi connectivity index (χ4v) is 2.81. The molecule has 3 rings (SSSR count). The Morgan fingerprint density at radius 2 is 1.62 bits per heavy atom. The van der Waals surface area contributed by atoms with E-state index in [0.717, 1.165) is 12.0 Å². The number of hydrogen-bond acceptors (Lipinski definition) is 1. The molecule has 1 N–H and O–H groups in total. The van der Waals surface area contributed by atoms with Crippen molar-refractivity contribution in [1.29, 1.82) is 0 Å². The van der Waals surface area contributed by atoms with E-state index in [9.17, 15) is 4.79 Å². The predicted octanol–water partition coefficient (Wildman–Crippen LogP) is 3.54. The molecule has 1 unspecified atom stereocenters. The molecule has 1 fully saturated rings. The van der Waals surface area contributed by atoms with Gasteiger partial charge in [0.1, 0.15) is 0 Å². The van der Waals surface area contributed by atoms with E-state index in [0.29, 0.717) is 12.5 Å². The van der Waals surface area contributed by atoms with Crippen molar-refractivity contribution in [3.05, 3.63) is 71.8 Å². The summed E-state index contributed by atoms with van der Waals surface area (Å²) in [5.74, 6) is 0.741. The summed E-state index contributed by atoms with van der Waals surface area (Å²) in [5.41, 5.74) is 2.41. The van der Waals surface area contributed by atoms with Crippen LogP contribution < -0.4 is 5.32 Å². The molecular formula is C19H21NO. The van der Waals surface area contributed by atoms with E-state index in [1.54, 1.807) is 0 Å². The van der Waals surface area contributed by atoms with E-state index >= 15 is 0 Å². The molecule has 0 heterocycles. The topological polar surface area (TPSA) is 29.1 Å². The van der Waals surface area contributed by atoms with Gasteiger partial charge in [-0.2, -0.15) is 0 Å². The third-order valence-corrected chi connectivity index (χ3v) is 4.09. The number of carbonyl (C=O) groups excluding carboxylic acids is 1. The molecular weight excluding hydrogens is 258 g/mol. The normalized spacial score (nSPS) is 15.4. The van der Waals surface area contributed by atoms with Crippen LogP contribution in [0.25, 0.3) is 0 Å². The molecule has 2 heteroatoms. The predicted molar refractivity (Wildman–Crippen MR) is 85.1 cm³/mol. The van der Waals surface area contributed by atoms with Gasteiger partial charge in [0, 0.05) is 6.54 Å². The van der Waals surface area contributed by atoms with Gasteiger partial charge in [0.15, 0.2) is 0 Å². The molecule has 1 amide bonds. The number of hydrogen-bond donors (Lipinski definition) is 1. The molecule has 2 aromatic carbocycles. The summed E-state index contributed by atoms with van der Waals surface area (Å²) in [6.45, 7) is 0.707. The second-order valence-corrected chi connectivity index (χ2v) is 5.75. The summed E-state index contributed by atoms with van der Waals surface area (Å²) in [7, 11) is 0. The fraction of sp³-hybridized carbons (Fsp3) is 0.316. The minimum absolute atomic E-state index is 0.0296. The summed E-state index contributed by atoms with van der Waals surface area (Å²) >= 11 is 0. The monoisotopic (exact) mass is 279 g/mol. The van der Waals surface area contributed by atoms with Gasteiger partial charge in [0.2, 0.25) is 5.91 Å². The van der Waals surface area contributed by atoms with Crippen LogP contribution in [0.15, 0.2) is 60.7 Å². The quantitative estimate of drug-likeness (QED) is 0.861. The van der Waals surface area contributed by atoms with Gasteiger partial charge in [-0.25, -0.2) is 0 Å². The van der Waals surface area contributed by atoms with E-state index in [-0.39, 0.29) is 11.8 Å².